The molecule has 0 aliphatic carbocycles. The second-order valence-corrected chi connectivity index (χ2v) is 4.07. The zero-order chi connectivity index (χ0) is 12.3. The van der Waals surface area contributed by atoms with E-state index < -0.39 is 4.92 Å². The molecule has 94 valence electrons. The molecule has 0 saturated carbocycles. The molecule has 1 aromatic carbocycles. The highest BCUT2D eigenvalue weighted by molar-refractivity contribution is 8.93. The van der Waals surface area contributed by atoms with Crippen molar-refractivity contribution in [3.8, 4) is 0 Å². The van der Waals surface area contributed by atoms with E-state index in [1.807, 2.05) is 0 Å². The number of ketones is 1. The third-order valence-electron chi connectivity index (χ3n) is 2.23. The number of halogens is 1. The molecule has 5 nitrogen and oxygen atoms in total. The summed E-state index contributed by atoms with van der Waals surface area (Å²) in [5.74, 6) is -0.289. The molecule has 0 spiro atoms. The topological polar surface area (TPSA) is 73.1 Å². The summed E-state index contributed by atoms with van der Waals surface area (Å²) in [7, 11) is 0. The van der Waals surface area contributed by atoms with Crippen LogP contribution in [0.2, 0.25) is 0 Å². The minimum absolute atomic E-state index is 0. The Morgan fingerprint density at radius 1 is 1.39 bits per heavy atom. The number of carbonyl (C=O) groups excluding carboxylic acids is 1. The monoisotopic (exact) mass is 328 g/mol. The van der Waals surface area contributed by atoms with Gasteiger partial charge < -0.3 is 0 Å². The minimum Gasteiger partial charge on any atom is -0.293 e. The number of benzene rings is 1. The number of nitrogens with zero attached hydrogens (tertiary/aromatic N) is 2. The first-order valence-electron chi connectivity index (χ1n) is 4.82. The molecular formula is C11H9BrN2O3S. The van der Waals surface area contributed by atoms with Gasteiger partial charge in [-0.2, -0.15) is 0 Å². The predicted molar refractivity (Wildman–Crippen MR) is 73.6 cm³/mol. The van der Waals surface area contributed by atoms with Crippen molar-refractivity contribution in [3.05, 3.63) is 56.5 Å². The van der Waals surface area contributed by atoms with E-state index >= 15 is 0 Å². The van der Waals surface area contributed by atoms with Crippen LogP contribution in [0.1, 0.15) is 16.1 Å². The van der Waals surface area contributed by atoms with E-state index in [4.69, 9.17) is 0 Å². The fraction of sp³-hybridized carbons (Fsp3) is 0.0909. The lowest BCUT2D eigenvalue weighted by Gasteiger charge is -2.00. The largest absolute Gasteiger partial charge is 0.293 e. The number of Topliss-reactive ketones (excluding diaryl/α,β-unsaturated/α-hetero) is 1. The summed E-state index contributed by atoms with van der Waals surface area (Å²) < 4.78 is 0. The van der Waals surface area contributed by atoms with Crippen LogP contribution in [0.4, 0.5) is 5.69 Å². The first kappa shape index (κ1) is 14.5. The Labute approximate surface area is 117 Å². The van der Waals surface area contributed by atoms with E-state index in [0.717, 1.165) is 0 Å². The molecule has 2 aromatic rings. The second-order valence-electron chi connectivity index (χ2n) is 3.35. The summed E-state index contributed by atoms with van der Waals surface area (Å²) in [4.78, 5) is 26.1. The maximum absolute atomic E-state index is 11.9. The molecular weight excluding hydrogens is 320 g/mol. The first-order valence-corrected chi connectivity index (χ1v) is 5.76. The quantitative estimate of drug-likeness (QED) is 0.491. The van der Waals surface area contributed by atoms with Crippen molar-refractivity contribution in [2.75, 3.05) is 0 Å². The molecule has 2 rings (SSSR count). The van der Waals surface area contributed by atoms with Gasteiger partial charge in [0.2, 0.25) is 0 Å². The van der Waals surface area contributed by atoms with Crippen LogP contribution < -0.4 is 0 Å². The van der Waals surface area contributed by atoms with Gasteiger partial charge in [-0.1, -0.05) is 12.1 Å². The lowest BCUT2D eigenvalue weighted by atomic mass is 10.1. The Morgan fingerprint density at radius 2 is 2.11 bits per heavy atom. The Bertz CT molecular complexity index is 557. The molecule has 1 heterocycles. The van der Waals surface area contributed by atoms with Crippen LogP contribution in [0.25, 0.3) is 0 Å². The first-order chi connectivity index (χ1) is 8.18. The number of hydrogen-bond acceptors (Lipinski definition) is 5. The lowest BCUT2D eigenvalue weighted by Crippen LogP contribution is -2.07. The van der Waals surface area contributed by atoms with E-state index in [-0.39, 0.29) is 40.4 Å². The Morgan fingerprint density at radius 3 is 2.72 bits per heavy atom. The summed E-state index contributed by atoms with van der Waals surface area (Å²) >= 11 is 1.39. The summed E-state index contributed by atoms with van der Waals surface area (Å²) in [5, 5.41) is 12.5. The molecule has 0 radical (unpaired) electrons. The smallest absolute Gasteiger partial charge is 0.280 e. The summed E-state index contributed by atoms with van der Waals surface area (Å²) in [6.07, 6.45) is 0.0916. The third-order valence-corrected chi connectivity index (χ3v) is 2.86. The van der Waals surface area contributed by atoms with Gasteiger partial charge >= 0.3 is 0 Å². The number of nitro benzene ring substituents is 1. The number of hydrogen-bond donors (Lipinski definition) is 0. The Balaban J connectivity index is 0.00000162. The highest BCUT2D eigenvalue weighted by Crippen LogP contribution is 2.19. The van der Waals surface area contributed by atoms with Crippen molar-refractivity contribution in [2.45, 2.75) is 6.42 Å². The molecule has 0 aliphatic heterocycles. The zero-order valence-electron chi connectivity index (χ0n) is 9.11. The molecule has 0 amide bonds. The highest BCUT2D eigenvalue weighted by atomic mass is 79.9. The van der Waals surface area contributed by atoms with Crippen molar-refractivity contribution in [1.82, 2.24) is 4.98 Å². The van der Waals surface area contributed by atoms with Crippen molar-refractivity contribution >= 4 is 39.8 Å². The van der Waals surface area contributed by atoms with E-state index in [0.29, 0.717) is 5.69 Å². The van der Waals surface area contributed by atoms with Gasteiger partial charge in [0.1, 0.15) is 0 Å². The van der Waals surface area contributed by atoms with E-state index in [1.165, 1.54) is 29.5 Å². The predicted octanol–water partition coefficient (Wildman–Crippen LogP) is 3.05. The van der Waals surface area contributed by atoms with Crippen LogP contribution in [0.15, 0.2) is 35.2 Å². The van der Waals surface area contributed by atoms with Gasteiger partial charge in [-0.05, 0) is 6.07 Å². The fourth-order valence-electron chi connectivity index (χ4n) is 1.45. The molecule has 1 aromatic heterocycles. The van der Waals surface area contributed by atoms with Gasteiger partial charge in [-0.15, -0.1) is 28.3 Å². The van der Waals surface area contributed by atoms with Crippen LogP contribution >= 0.6 is 28.3 Å². The SMILES string of the molecule is Br.O=C(Cc1cscn1)c1ccccc1[N+](=O)[O-]. The van der Waals surface area contributed by atoms with Crippen LogP contribution in [-0.2, 0) is 6.42 Å². The van der Waals surface area contributed by atoms with E-state index in [2.05, 4.69) is 4.98 Å². The molecule has 0 aliphatic rings. The molecule has 7 heteroatoms. The Kier molecular flexibility index (Phi) is 5.11. The van der Waals surface area contributed by atoms with Gasteiger partial charge in [0.25, 0.3) is 5.69 Å². The van der Waals surface area contributed by atoms with Crippen molar-refractivity contribution < 1.29 is 9.72 Å². The molecule has 18 heavy (non-hydrogen) atoms. The summed E-state index contributed by atoms with van der Waals surface area (Å²) in [6.45, 7) is 0. The zero-order valence-corrected chi connectivity index (χ0v) is 11.6. The number of rotatable bonds is 4. The van der Waals surface area contributed by atoms with Crippen LogP contribution in [0.3, 0.4) is 0 Å². The van der Waals surface area contributed by atoms with Crippen molar-refractivity contribution in [3.63, 3.8) is 0 Å². The van der Waals surface area contributed by atoms with Crippen LogP contribution in [-0.4, -0.2) is 15.7 Å². The van der Waals surface area contributed by atoms with Crippen molar-refractivity contribution in [1.29, 1.82) is 0 Å². The van der Waals surface area contributed by atoms with Gasteiger partial charge in [-0.3, -0.25) is 14.9 Å². The summed E-state index contributed by atoms with van der Waals surface area (Å²) in [6, 6.07) is 5.94. The van der Waals surface area contributed by atoms with Gasteiger partial charge in [-0.25, -0.2) is 4.98 Å². The number of nitro groups is 1. The molecule has 0 saturated heterocycles. The van der Waals surface area contributed by atoms with Gasteiger partial charge in [0.15, 0.2) is 5.78 Å². The van der Waals surface area contributed by atoms with Gasteiger partial charge in [0, 0.05) is 11.4 Å². The maximum atomic E-state index is 11.9. The number of thiazole rings is 1. The minimum atomic E-state index is -0.547. The van der Waals surface area contributed by atoms with Crippen LogP contribution in [0, 0.1) is 10.1 Å². The highest BCUT2D eigenvalue weighted by Gasteiger charge is 2.19. The summed E-state index contributed by atoms with van der Waals surface area (Å²) in [5.41, 5.74) is 2.23. The number of aromatic nitrogens is 1. The molecule has 0 bridgehead atoms. The number of para-hydroxylation sites is 1. The molecule has 0 atom stereocenters. The Hall–Kier alpha value is -1.60. The van der Waals surface area contributed by atoms with Gasteiger partial charge in [0.05, 0.1) is 28.1 Å². The third kappa shape index (κ3) is 3.21. The normalized spacial score (nSPS) is 9.56. The molecule has 0 N–H and O–H groups in total. The molecule has 0 unspecified atom stereocenters. The molecule has 0 fully saturated rings. The van der Waals surface area contributed by atoms with Crippen LogP contribution in [0.5, 0.6) is 0 Å². The van der Waals surface area contributed by atoms with E-state index in [1.54, 1.807) is 17.0 Å². The lowest BCUT2D eigenvalue weighted by molar-refractivity contribution is -0.385. The second kappa shape index (κ2) is 6.36. The standard InChI is InChI=1S/C11H8N2O3S.BrH/c14-11(5-8-6-17-7-12-8)9-3-1-2-4-10(9)13(15)16;/h1-4,6-7H,5H2;1H. The maximum Gasteiger partial charge on any atom is 0.280 e. The fourth-order valence-corrected chi connectivity index (χ4v) is 2.01. The average molecular weight is 329 g/mol. The average Bonchev–Trinajstić information content (AvgIpc) is 2.81. The van der Waals surface area contributed by atoms with E-state index in [9.17, 15) is 14.9 Å². The van der Waals surface area contributed by atoms with Crippen molar-refractivity contribution in [2.24, 2.45) is 0 Å². The number of carbonyl (C=O) groups is 1.